The number of carboxylic acid groups (broad SMARTS) is 1. The van der Waals surface area contributed by atoms with Crippen LogP contribution in [-0.4, -0.2) is 43.5 Å². The monoisotopic (exact) mass is 279 g/mol. The number of hydrogen-bond acceptors (Lipinski definition) is 4. The minimum atomic E-state index is -0.999. The second-order valence-corrected chi connectivity index (χ2v) is 4.69. The van der Waals surface area contributed by atoms with Gasteiger partial charge >= 0.3 is 5.97 Å². The molecular weight excluding hydrogens is 258 g/mol. The smallest absolute Gasteiger partial charge is 0.305 e. The van der Waals surface area contributed by atoms with Gasteiger partial charge in [0.25, 0.3) is 0 Å². The van der Waals surface area contributed by atoms with Gasteiger partial charge in [0.15, 0.2) is 0 Å². The van der Waals surface area contributed by atoms with Crippen molar-refractivity contribution in [3.8, 4) is 0 Å². The van der Waals surface area contributed by atoms with Gasteiger partial charge in [-0.2, -0.15) is 0 Å². The van der Waals surface area contributed by atoms with Crippen molar-refractivity contribution in [2.75, 3.05) is 26.9 Å². The van der Waals surface area contributed by atoms with Crippen LogP contribution in [0.15, 0.2) is 36.4 Å². The van der Waals surface area contributed by atoms with Crippen molar-refractivity contribution in [1.29, 1.82) is 0 Å². The normalized spacial score (nSPS) is 14.3. The Labute approximate surface area is 119 Å². The number of benzene rings is 1. The maximum atomic E-state index is 10.8. The summed E-state index contributed by atoms with van der Waals surface area (Å²) in [6, 6.07) is 9.83. The van der Waals surface area contributed by atoms with E-state index in [1.807, 2.05) is 42.5 Å². The first-order chi connectivity index (χ1) is 9.56. The van der Waals surface area contributed by atoms with Gasteiger partial charge in [-0.1, -0.05) is 42.5 Å². The lowest BCUT2D eigenvalue weighted by Crippen LogP contribution is -2.50. The summed E-state index contributed by atoms with van der Waals surface area (Å²) in [7, 11) is 1.48. The highest BCUT2D eigenvalue weighted by atomic mass is 16.5. The molecule has 0 radical (unpaired) electrons. The number of carbonyl (C=O) groups is 1. The van der Waals surface area contributed by atoms with Crippen LogP contribution >= 0.6 is 0 Å². The van der Waals surface area contributed by atoms with Gasteiger partial charge in [-0.05, 0) is 5.56 Å². The molecule has 0 amide bonds. The highest BCUT2D eigenvalue weighted by Crippen LogP contribution is 2.09. The minimum Gasteiger partial charge on any atom is -0.481 e. The SMILES string of the molecule is COCC(N)(COCC=Cc1ccccc1)CC(=O)O. The molecule has 0 aliphatic carbocycles. The van der Waals surface area contributed by atoms with Crippen LogP contribution in [0.4, 0.5) is 0 Å². The first kappa shape index (κ1) is 16.4. The molecule has 0 saturated heterocycles. The van der Waals surface area contributed by atoms with Crippen LogP contribution < -0.4 is 5.73 Å². The molecule has 0 fully saturated rings. The van der Waals surface area contributed by atoms with Crippen molar-refractivity contribution < 1.29 is 19.4 Å². The predicted octanol–water partition coefficient (Wildman–Crippen LogP) is 1.54. The maximum absolute atomic E-state index is 10.8. The van der Waals surface area contributed by atoms with Gasteiger partial charge in [0.1, 0.15) is 0 Å². The summed E-state index contributed by atoms with van der Waals surface area (Å²) < 4.78 is 10.4. The zero-order chi connectivity index (χ0) is 14.8. The molecule has 1 unspecified atom stereocenters. The van der Waals surface area contributed by atoms with E-state index in [1.165, 1.54) is 7.11 Å². The number of aliphatic carboxylic acids is 1. The second kappa shape index (κ2) is 8.47. The van der Waals surface area contributed by atoms with E-state index in [9.17, 15) is 4.79 Å². The van der Waals surface area contributed by atoms with E-state index in [0.717, 1.165) is 5.56 Å². The fourth-order valence-corrected chi connectivity index (χ4v) is 1.81. The Morgan fingerprint density at radius 1 is 1.35 bits per heavy atom. The first-order valence-electron chi connectivity index (χ1n) is 6.35. The van der Waals surface area contributed by atoms with Crippen LogP contribution in [0, 0.1) is 0 Å². The van der Waals surface area contributed by atoms with E-state index in [2.05, 4.69) is 0 Å². The Kier molecular flexibility index (Phi) is 6.93. The molecule has 0 bridgehead atoms. The zero-order valence-electron chi connectivity index (χ0n) is 11.6. The van der Waals surface area contributed by atoms with Gasteiger partial charge in [-0.3, -0.25) is 4.79 Å². The summed E-state index contributed by atoms with van der Waals surface area (Å²) in [5.41, 5.74) is 6.03. The van der Waals surface area contributed by atoms with Crippen LogP contribution in [0.2, 0.25) is 0 Å². The summed E-state index contributed by atoms with van der Waals surface area (Å²) in [6.45, 7) is 0.644. The molecule has 0 aliphatic rings. The van der Waals surface area contributed by atoms with Crippen LogP contribution in [0.1, 0.15) is 12.0 Å². The maximum Gasteiger partial charge on any atom is 0.305 e. The summed E-state index contributed by atoms with van der Waals surface area (Å²) >= 11 is 0. The third-order valence-electron chi connectivity index (χ3n) is 2.65. The van der Waals surface area contributed by atoms with Gasteiger partial charge in [0.2, 0.25) is 0 Å². The quantitative estimate of drug-likeness (QED) is 0.670. The molecule has 1 atom stereocenters. The molecule has 0 heterocycles. The average Bonchev–Trinajstić information content (AvgIpc) is 2.39. The van der Waals surface area contributed by atoms with Crippen LogP contribution in [-0.2, 0) is 14.3 Å². The number of hydrogen-bond donors (Lipinski definition) is 2. The van der Waals surface area contributed by atoms with Crippen molar-refractivity contribution in [3.05, 3.63) is 42.0 Å². The molecular formula is C15H21NO4. The molecule has 0 aromatic heterocycles. The Hall–Kier alpha value is -1.69. The lowest BCUT2D eigenvalue weighted by molar-refractivity contribution is -0.139. The van der Waals surface area contributed by atoms with Crippen molar-refractivity contribution in [3.63, 3.8) is 0 Å². The molecule has 0 spiro atoms. The molecule has 1 aromatic carbocycles. The molecule has 5 heteroatoms. The molecule has 20 heavy (non-hydrogen) atoms. The third kappa shape index (κ3) is 6.47. The van der Waals surface area contributed by atoms with Crippen LogP contribution in [0.3, 0.4) is 0 Å². The molecule has 3 N–H and O–H groups in total. The Balaban J connectivity index is 2.37. The van der Waals surface area contributed by atoms with Gasteiger partial charge < -0.3 is 20.3 Å². The largest absolute Gasteiger partial charge is 0.481 e. The second-order valence-electron chi connectivity index (χ2n) is 4.69. The van der Waals surface area contributed by atoms with Crippen molar-refractivity contribution in [2.45, 2.75) is 12.0 Å². The molecule has 0 saturated carbocycles. The van der Waals surface area contributed by atoms with Crippen molar-refractivity contribution in [2.24, 2.45) is 5.73 Å². The number of carboxylic acids is 1. The van der Waals surface area contributed by atoms with Crippen LogP contribution in [0.5, 0.6) is 0 Å². The van der Waals surface area contributed by atoms with E-state index in [-0.39, 0.29) is 19.6 Å². The average molecular weight is 279 g/mol. The van der Waals surface area contributed by atoms with E-state index in [0.29, 0.717) is 6.61 Å². The van der Waals surface area contributed by atoms with E-state index < -0.39 is 11.5 Å². The number of nitrogens with two attached hydrogens (primary N) is 1. The Bertz CT molecular complexity index is 433. The minimum absolute atomic E-state index is 0.131. The van der Waals surface area contributed by atoms with Gasteiger partial charge in [0, 0.05) is 7.11 Å². The molecule has 1 rings (SSSR count). The number of methoxy groups -OCH3 is 1. The van der Waals surface area contributed by atoms with Gasteiger partial charge in [-0.25, -0.2) is 0 Å². The topological polar surface area (TPSA) is 81.8 Å². The lowest BCUT2D eigenvalue weighted by Gasteiger charge is -2.26. The first-order valence-corrected chi connectivity index (χ1v) is 6.35. The van der Waals surface area contributed by atoms with E-state index >= 15 is 0 Å². The summed E-state index contributed by atoms with van der Waals surface area (Å²) in [5.74, 6) is -0.965. The summed E-state index contributed by atoms with van der Waals surface area (Å²) in [4.78, 5) is 10.8. The van der Waals surface area contributed by atoms with Crippen LogP contribution in [0.25, 0.3) is 6.08 Å². The molecule has 1 aromatic rings. The standard InChI is InChI=1S/C15H21NO4/c1-19-11-15(16,10-14(17)18)12-20-9-5-8-13-6-3-2-4-7-13/h2-8H,9-12,16H2,1H3,(H,17,18). The van der Waals surface area contributed by atoms with E-state index in [4.69, 9.17) is 20.3 Å². The fraction of sp³-hybridized carbons (Fsp3) is 0.400. The van der Waals surface area contributed by atoms with Gasteiger partial charge in [-0.15, -0.1) is 0 Å². The van der Waals surface area contributed by atoms with Crippen molar-refractivity contribution in [1.82, 2.24) is 0 Å². The lowest BCUT2D eigenvalue weighted by atomic mass is 9.99. The summed E-state index contributed by atoms with van der Waals surface area (Å²) in [6.07, 6.45) is 3.61. The fourth-order valence-electron chi connectivity index (χ4n) is 1.81. The summed E-state index contributed by atoms with van der Waals surface area (Å²) in [5, 5.41) is 8.82. The molecule has 110 valence electrons. The van der Waals surface area contributed by atoms with E-state index in [1.54, 1.807) is 0 Å². The van der Waals surface area contributed by atoms with Gasteiger partial charge in [0.05, 0.1) is 31.8 Å². The number of ether oxygens (including phenoxy) is 2. The Morgan fingerprint density at radius 2 is 2.05 bits per heavy atom. The molecule has 0 aliphatic heterocycles. The highest BCUT2D eigenvalue weighted by Gasteiger charge is 2.28. The number of rotatable bonds is 9. The Morgan fingerprint density at radius 3 is 2.65 bits per heavy atom. The van der Waals surface area contributed by atoms with Crippen molar-refractivity contribution >= 4 is 12.0 Å². The highest BCUT2D eigenvalue weighted by molar-refractivity contribution is 5.68. The predicted molar refractivity (Wildman–Crippen MR) is 77.3 cm³/mol. The zero-order valence-corrected chi connectivity index (χ0v) is 11.6. The third-order valence-corrected chi connectivity index (χ3v) is 2.65. The molecule has 5 nitrogen and oxygen atoms in total.